The van der Waals surface area contributed by atoms with Crippen LogP contribution in [0.1, 0.15) is 20.3 Å². The van der Waals surface area contributed by atoms with E-state index in [1.165, 1.54) is 0 Å². The fourth-order valence-electron chi connectivity index (χ4n) is 2.12. The summed E-state index contributed by atoms with van der Waals surface area (Å²) < 4.78 is 0. The SMILES string of the molecule is CN(C)CCN1CCN(CCC(C)(C)C(=O)O)CC1. The first kappa shape index (κ1) is 16.4. The van der Waals surface area contributed by atoms with Gasteiger partial charge in [0.1, 0.15) is 0 Å². The van der Waals surface area contributed by atoms with Crippen LogP contribution in [0.2, 0.25) is 0 Å². The average molecular weight is 271 g/mol. The van der Waals surface area contributed by atoms with Crippen molar-refractivity contribution in [2.45, 2.75) is 20.3 Å². The van der Waals surface area contributed by atoms with E-state index < -0.39 is 11.4 Å². The summed E-state index contributed by atoms with van der Waals surface area (Å²) in [7, 11) is 4.20. The number of carboxylic acid groups (broad SMARTS) is 1. The van der Waals surface area contributed by atoms with Crippen LogP contribution in [0.25, 0.3) is 0 Å². The van der Waals surface area contributed by atoms with Gasteiger partial charge < -0.3 is 14.9 Å². The van der Waals surface area contributed by atoms with Crippen LogP contribution in [-0.4, -0.2) is 85.7 Å². The number of carboxylic acids is 1. The Bertz CT molecular complexity index is 284. The first-order valence-electron chi connectivity index (χ1n) is 7.14. The second kappa shape index (κ2) is 7.22. The lowest BCUT2D eigenvalue weighted by Gasteiger charge is -2.36. The second-order valence-corrected chi connectivity index (χ2v) is 6.43. The molecule has 112 valence electrons. The molecule has 0 aromatic rings. The molecule has 1 aliphatic heterocycles. The lowest BCUT2D eigenvalue weighted by Crippen LogP contribution is -2.48. The van der Waals surface area contributed by atoms with E-state index in [0.717, 1.165) is 52.2 Å². The molecule has 0 amide bonds. The number of hydrogen-bond donors (Lipinski definition) is 1. The van der Waals surface area contributed by atoms with Gasteiger partial charge >= 0.3 is 5.97 Å². The molecule has 1 saturated heterocycles. The molecule has 0 bridgehead atoms. The maximum atomic E-state index is 11.1. The van der Waals surface area contributed by atoms with Crippen molar-refractivity contribution in [3.05, 3.63) is 0 Å². The van der Waals surface area contributed by atoms with Crippen molar-refractivity contribution >= 4 is 5.97 Å². The third-order valence-electron chi connectivity index (χ3n) is 3.96. The Morgan fingerprint density at radius 2 is 1.58 bits per heavy atom. The predicted molar refractivity (Wildman–Crippen MR) is 77.5 cm³/mol. The summed E-state index contributed by atoms with van der Waals surface area (Å²) >= 11 is 0. The van der Waals surface area contributed by atoms with E-state index in [2.05, 4.69) is 28.8 Å². The highest BCUT2D eigenvalue weighted by molar-refractivity contribution is 5.73. The molecule has 19 heavy (non-hydrogen) atoms. The summed E-state index contributed by atoms with van der Waals surface area (Å²) in [5, 5.41) is 9.10. The molecular weight excluding hydrogens is 242 g/mol. The van der Waals surface area contributed by atoms with Crippen LogP contribution < -0.4 is 0 Å². The third-order valence-corrected chi connectivity index (χ3v) is 3.96. The Kier molecular flexibility index (Phi) is 6.23. The minimum Gasteiger partial charge on any atom is -0.481 e. The molecule has 1 N–H and O–H groups in total. The van der Waals surface area contributed by atoms with E-state index in [1.807, 2.05) is 13.8 Å². The zero-order chi connectivity index (χ0) is 14.5. The van der Waals surface area contributed by atoms with Gasteiger partial charge in [-0.25, -0.2) is 0 Å². The second-order valence-electron chi connectivity index (χ2n) is 6.43. The number of carbonyl (C=O) groups is 1. The number of nitrogens with zero attached hydrogens (tertiary/aromatic N) is 3. The summed E-state index contributed by atoms with van der Waals surface area (Å²) in [6, 6.07) is 0. The van der Waals surface area contributed by atoms with E-state index in [9.17, 15) is 4.79 Å². The lowest BCUT2D eigenvalue weighted by molar-refractivity contribution is -0.147. The van der Waals surface area contributed by atoms with Gasteiger partial charge in [0.25, 0.3) is 0 Å². The first-order valence-corrected chi connectivity index (χ1v) is 7.14. The van der Waals surface area contributed by atoms with Crippen LogP contribution >= 0.6 is 0 Å². The molecule has 1 heterocycles. The van der Waals surface area contributed by atoms with E-state index in [4.69, 9.17) is 5.11 Å². The van der Waals surface area contributed by atoms with Crippen LogP contribution in [0.3, 0.4) is 0 Å². The van der Waals surface area contributed by atoms with Gasteiger partial charge in [-0.3, -0.25) is 9.69 Å². The van der Waals surface area contributed by atoms with Crippen molar-refractivity contribution in [1.82, 2.24) is 14.7 Å². The maximum absolute atomic E-state index is 11.1. The standard InChI is InChI=1S/C14H29N3O2/c1-14(2,13(18)19)5-6-16-9-11-17(12-10-16)8-7-15(3)4/h5-12H2,1-4H3,(H,18,19). The van der Waals surface area contributed by atoms with Crippen LogP contribution in [0.15, 0.2) is 0 Å². The Morgan fingerprint density at radius 1 is 1.11 bits per heavy atom. The summed E-state index contributed by atoms with van der Waals surface area (Å²) in [6.07, 6.45) is 0.722. The molecule has 0 radical (unpaired) electrons. The molecule has 1 aliphatic rings. The highest BCUT2D eigenvalue weighted by Gasteiger charge is 2.28. The topological polar surface area (TPSA) is 47.0 Å². The summed E-state index contributed by atoms with van der Waals surface area (Å²) in [4.78, 5) is 18.1. The Balaban J connectivity index is 2.22. The Labute approximate surface area is 117 Å². The summed E-state index contributed by atoms with van der Waals surface area (Å²) in [5.74, 6) is -0.697. The van der Waals surface area contributed by atoms with Gasteiger partial charge in [0.2, 0.25) is 0 Å². The minimum atomic E-state index is -0.697. The fraction of sp³-hybridized carbons (Fsp3) is 0.929. The molecule has 0 spiro atoms. The molecule has 0 unspecified atom stereocenters. The molecule has 5 nitrogen and oxygen atoms in total. The molecular formula is C14H29N3O2. The Morgan fingerprint density at radius 3 is 2.00 bits per heavy atom. The molecule has 1 rings (SSSR count). The van der Waals surface area contributed by atoms with Crippen molar-refractivity contribution in [3.63, 3.8) is 0 Å². The van der Waals surface area contributed by atoms with Gasteiger partial charge in [-0.05, 0) is 40.9 Å². The van der Waals surface area contributed by atoms with Crippen LogP contribution in [0, 0.1) is 5.41 Å². The molecule has 0 aliphatic carbocycles. The van der Waals surface area contributed by atoms with Crippen LogP contribution in [0.4, 0.5) is 0 Å². The van der Waals surface area contributed by atoms with Crippen molar-refractivity contribution in [2.75, 3.05) is 59.9 Å². The van der Waals surface area contributed by atoms with Crippen molar-refractivity contribution in [1.29, 1.82) is 0 Å². The van der Waals surface area contributed by atoms with Gasteiger partial charge in [-0.1, -0.05) is 0 Å². The van der Waals surface area contributed by atoms with Crippen molar-refractivity contribution in [3.8, 4) is 0 Å². The first-order chi connectivity index (χ1) is 8.81. The van der Waals surface area contributed by atoms with Gasteiger partial charge in [0.05, 0.1) is 5.41 Å². The molecule has 0 aromatic heterocycles. The molecule has 0 aromatic carbocycles. The zero-order valence-corrected chi connectivity index (χ0v) is 12.9. The van der Waals surface area contributed by atoms with E-state index in [-0.39, 0.29) is 0 Å². The Hall–Kier alpha value is -0.650. The number of likely N-dealkylation sites (N-methyl/N-ethyl adjacent to an activating group) is 1. The summed E-state index contributed by atoms with van der Waals surface area (Å²) in [5.41, 5.74) is -0.609. The largest absolute Gasteiger partial charge is 0.481 e. The molecule has 0 atom stereocenters. The van der Waals surface area contributed by atoms with E-state index >= 15 is 0 Å². The van der Waals surface area contributed by atoms with Crippen molar-refractivity contribution < 1.29 is 9.90 Å². The van der Waals surface area contributed by atoms with Gasteiger partial charge in [0.15, 0.2) is 0 Å². The zero-order valence-electron chi connectivity index (χ0n) is 12.9. The summed E-state index contributed by atoms with van der Waals surface area (Å²) in [6.45, 7) is 11.1. The molecule has 1 fully saturated rings. The maximum Gasteiger partial charge on any atom is 0.309 e. The normalized spacial score (nSPS) is 19.0. The predicted octanol–water partition coefficient (Wildman–Crippen LogP) is 0.667. The number of piperazine rings is 1. The lowest BCUT2D eigenvalue weighted by atomic mass is 9.89. The van der Waals surface area contributed by atoms with Gasteiger partial charge in [-0.15, -0.1) is 0 Å². The highest BCUT2D eigenvalue weighted by Crippen LogP contribution is 2.21. The minimum absolute atomic E-state index is 0.609. The number of hydrogen-bond acceptors (Lipinski definition) is 4. The number of aliphatic carboxylic acids is 1. The van der Waals surface area contributed by atoms with E-state index in [1.54, 1.807) is 0 Å². The van der Waals surface area contributed by atoms with Crippen LogP contribution in [-0.2, 0) is 4.79 Å². The van der Waals surface area contributed by atoms with Gasteiger partial charge in [-0.2, -0.15) is 0 Å². The molecule has 0 saturated carbocycles. The third kappa shape index (κ3) is 5.89. The quantitative estimate of drug-likeness (QED) is 0.737. The molecule has 5 heteroatoms. The average Bonchev–Trinajstić information content (AvgIpc) is 2.35. The van der Waals surface area contributed by atoms with Crippen LogP contribution in [0.5, 0.6) is 0 Å². The fourth-order valence-corrected chi connectivity index (χ4v) is 2.12. The number of rotatable bonds is 7. The monoisotopic (exact) mass is 271 g/mol. The smallest absolute Gasteiger partial charge is 0.309 e. The highest BCUT2D eigenvalue weighted by atomic mass is 16.4. The van der Waals surface area contributed by atoms with Crippen molar-refractivity contribution in [2.24, 2.45) is 5.41 Å². The van der Waals surface area contributed by atoms with E-state index in [0.29, 0.717) is 0 Å². The van der Waals surface area contributed by atoms with Gasteiger partial charge in [0, 0.05) is 39.3 Å².